The van der Waals surface area contributed by atoms with Crippen molar-refractivity contribution in [2.45, 2.75) is 20.4 Å². The lowest BCUT2D eigenvalue weighted by Gasteiger charge is -2.17. The SMILES string of the molecule is CCN(CC)CCSCCn1cc(C(=O)NN)nn1. The van der Waals surface area contributed by atoms with Crippen LogP contribution in [-0.2, 0) is 6.54 Å². The van der Waals surface area contributed by atoms with Crippen molar-refractivity contribution in [3.05, 3.63) is 11.9 Å². The highest BCUT2D eigenvalue weighted by atomic mass is 32.2. The Morgan fingerprint density at radius 1 is 1.47 bits per heavy atom. The maximum absolute atomic E-state index is 11.2. The lowest BCUT2D eigenvalue weighted by Crippen LogP contribution is -2.30. The van der Waals surface area contributed by atoms with Crippen LogP contribution in [0, 0.1) is 0 Å². The van der Waals surface area contributed by atoms with Crippen LogP contribution in [0.2, 0.25) is 0 Å². The molecule has 0 saturated heterocycles. The van der Waals surface area contributed by atoms with E-state index in [2.05, 4.69) is 29.1 Å². The van der Waals surface area contributed by atoms with Gasteiger partial charge in [-0.15, -0.1) is 5.10 Å². The maximum atomic E-state index is 11.2. The third-order valence-electron chi connectivity index (χ3n) is 2.81. The van der Waals surface area contributed by atoms with Crippen molar-refractivity contribution in [3.8, 4) is 0 Å². The highest BCUT2D eigenvalue weighted by Gasteiger charge is 2.08. The van der Waals surface area contributed by atoms with Crippen LogP contribution >= 0.6 is 11.8 Å². The normalized spacial score (nSPS) is 10.9. The van der Waals surface area contributed by atoms with Gasteiger partial charge < -0.3 is 4.90 Å². The zero-order chi connectivity index (χ0) is 14.1. The van der Waals surface area contributed by atoms with E-state index in [4.69, 9.17) is 5.84 Å². The van der Waals surface area contributed by atoms with E-state index in [1.165, 1.54) is 0 Å². The number of carbonyl (C=O) groups excluding carboxylic acids is 1. The van der Waals surface area contributed by atoms with E-state index in [0.717, 1.165) is 37.7 Å². The molecule has 1 amide bonds. The van der Waals surface area contributed by atoms with Gasteiger partial charge in [-0.25, -0.2) is 5.84 Å². The number of nitrogens with zero attached hydrogens (tertiary/aromatic N) is 4. The smallest absolute Gasteiger partial charge is 0.287 e. The van der Waals surface area contributed by atoms with Crippen molar-refractivity contribution in [2.24, 2.45) is 5.84 Å². The molecule has 0 aliphatic heterocycles. The number of nitrogen functional groups attached to an aromatic ring is 1. The molecule has 0 aromatic carbocycles. The van der Waals surface area contributed by atoms with Gasteiger partial charge in [-0.2, -0.15) is 11.8 Å². The summed E-state index contributed by atoms with van der Waals surface area (Å²) in [5.41, 5.74) is 2.28. The number of amides is 1. The number of rotatable bonds is 9. The first-order valence-corrected chi connectivity index (χ1v) is 7.57. The van der Waals surface area contributed by atoms with Gasteiger partial charge in [0, 0.05) is 18.1 Å². The summed E-state index contributed by atoms with van der Waals surface area (Å²) in [6.45, 7) is 8.39. The van der Waals surface area contributed by atoms with Gasteiger partial charge in [-0.1, -0.05) is 19.1 Å². The molecule has 0 radical (unpaired) electrons. The molecule has 1 heterocycles. The second-order valence-electron chi connectivity index (χ2n) is 3.98. The number of nitrogens with one attached hydrogen (secondary N) is 1. The fraction of sp³-hybridized carbons (Fsp3) is 0.727. The van der Waals surface area contributed by atoms with Gasteiger partial charge in [0.25, 0.3) is 5.91 Å². The summed E-state index contributed by atoms with van der Waals surface area (Å²) in [7, 11) is 0. The molecule has 0 aliphatic rings. The predicted octanol–water partition coefficient (Wildman–Crippen LogP) is -0.0434. The number of aryl methyl sites for hydroxylation is 1. The van der Waals surface area contributed by atoms with E-state index < -0.39 is 5.91 Å². The molecule has 1 rings (SSSR count). The van der Waals surface area contributed by atoms with E-state index in [0.29, 0.717) is 0 Å². The second kappa shape index (κ2) is 8.89. The molecular weight excluding hydrogens is 264 g/mol. The van der Waals surface area contributed by atoms with Crippen molar-refractivity contribution < 1.29 is 4.79 Å². The Morgan fingerprint density at radius 2 is 2.21 bits per heavy atom. The molecule has 0 fully saturated rings. The number of carbonyl (C=O) groups is 1. The second-order valence-corrected chi connectivity index (χ2v) is 5.20. The average molecular weight is 286 g/mol. The van der Waals surface area contributed by atoms with Crippen molar-refractivity contribution in [1.82, 2.24) is 25.3 Å². The molecule has 0 saturated carbocycles. The zero-order valence-corrected chi connectivity index (χ0v) is 12.3. The lowest BCUT2D eigenvalue weighted by molar-refractivity contribution is 0.0948. The van der Waals surface area contributed by atoms with Crippen LogP contribution in [0.25, 0.3) is 0 Å². The van der Waals surface area contributed by atoms with Crippen LogP contribution in [-0.4, -0.2) is 56.9 Å². The van der Waals surface area contributed by atoms with Crippen LogP contribution < -0.4 is 11.3 Å². The van der Waals surface area contributed by atoms with Gasteiger partial charge >= 0.3 is 0 Å². The fourth-order valence-corrected chi connectivity index (χ4v) is 2.49. The quantitative estimate of drug-likeness (QED) is 0.286. The molecule has 7 nitrogen and oxygen atoms in total. The van der Waals surface area contributed by atoms with Gasteiger partial charge in [0.15, 0.2) is 5.69 Å². The van der Waals surface area contributed by atoms with Gasteiger partial charge in [-0.3, -0.25) is 14.9 Å². The summed E-state index contributed by atoms with van der Waals surface area (Å²) in [5.74, 6) is 6.66. The van der Waals surface area contributed by atoms with Crippen LogP contribution in [0.1, 0.15) is 24.3 Å². The van der Waals surface area contributed by atoms with E-state index in [9.17, 15) is 4.79 Å². The summed E-state index contributed by atoms with van der Waals surface area (Å²) < 4.78 is 1.66. The summed E-state index contributed by atoms with van der Waals surface area (Å²) in [6, 6.07) is 0. The van der Waals surface area contributed by atoms with Crippen LogP contribution in [0.3, 0.4) is 0 Å². The Bertz CT molecular complexity index is 379. The molecule has 8 heteroatoms. The van der Waals surface area contributed by atoms with Gasteiger partial charge in [0.2, 0.25) is 0 Å². The van der Waals surface area contributed by atoms with Gasteiger partial charge in [-0.05, 0) is 13.1 Å². The molecule has 108 valence electrons. The summed E-state index contributed by atoms with van der Waals surface area (Å²) >= 11 is 1.88. The first-order valence-electron chi connectivity index (χ1n) is 6.42. The number of hydrogen-bond acceptors (Lipinski definition) is 6. The number of hydrazine groups is 1. The largest absolute Gasteiger partial charge is 0.303 e. The minimum atomic E-state index is -0.416. The monoisotopic (exact) mass is 286 g/mol. The van der Waals surface area contributed by atoms with E-state index in [1.807, 2.05) is 17.2 Å². The van der Waals surface area contributed by atoms with Gasteiger partial charge in [0.05, 0.1) is 12.7 Å². The molecule has 0 unspecified atom stereocenters. The molecule has 1 aromatic heterocycles. The van der Waals surface area contributed by atoms with Crippen LogP contribution in [0.5, 0.6) is 0 Å². The van der Waals surface area contributed by atoms with Crippen LogP contribution in [0.15, 0.2) is 6.20 Å². The molecule has 0 atom stereocenters. The first-order chi connectivity index (χ1) is 9.21. The molecule has 0 aliphatic carbocycles. The third kappa shape index (κ3) is 5.58. The molecule has 0 spiro atoms. The highest BCUT2D eigenvalue weighted by molar-refractivity contribution is 7.99. The highest BCUT2D eigenvalue weighted by Crippen LogP contribution is 2.03. The third-order valence-corrected chi connectivity index (χ3v) is 3.76. The summed E-state index contributed by atoms with van der Waals surface area (Å²) in [4.78, 5) is 13.6. The van der Waals surface area contributed by atoms with E-state index in [-0.39, 0.29) is 5.69 Å². The Balaban J connectivity index is 2.19. The molecular formula is C11H22N6OS. The fourth-order valence-electron chi connectivity index (χ4n) is 1.58. The number of thioether (sulfide) groups is 1. The number of nitrogens with two attached hydrogens (primary N) is 1. The standard InChI is InChI=1S/C11H22N6OS/c1-3-16(4-2)5-7-19-8-6-17-9-10(14-15-17)11(18)13-12/h9H,3-8,12H2,1-2H3,(H,13,18). The minimum absolute atomic E-state index is 0.246. The summed E-state index contributed by atoms with van der Waals surface area (Å²) in [6.07, 6.45) is 1.60. The van der Waals surface area contributed by atoms with Crippen molar-refractivity contribution >= 4 is 17.7 Å². The molecule has 19 heavy (non-hydrogen) atoms. The minimum Gasteiger partial charge on any atom is -0.303 e. The van der Waals surface area contributed by atoms with Crippen molar-refractivity contribution in [3.63, 3.8) is 0 Å². The average Bonchev–Trinajstić information content (AvgIpc) is 2.91. The number of hydrogen-bond donors (Lipinski definition) is 2. The lowest BCUT2D eigenvalue weighted by atomic mass is 10.5. The molecule has 1 aromatic rings. The number of aromatic nitrogens is 3. The zero-order valence-electron chi connectivity index (χ0n) is 11.5. The Morgan fingerprint density at radius 3 is 2.84 bits per heavy atom. The topological polar surface area (TPSA) is 89.1 Å². The van der Waals surface area contributed by atoms with E-state index in [1.54, 1.807) is 10.9 Å². The summed E-state index contributed by atoms with van der Waals surface area (Å²) in [5, 5.41) is 7.62. The Labute approximate surface area is 117 Å². The predicted molar refractivity (Wildman–Crippen MR) is 76.8 cm³/mol. The molecule has 0 bridgehead atoms. The van der Waals surface area contributed by atoms with Crippen LogP contribution in [0.4, 0.5) is 0 Å². The van der Waals surface area contributed by atoms with E-state index >= 15 is 0 Å². The van der Waals surface area contributed by atoms with Gasteiger partial charge in [0.1, 0.15) is 0 Å². The van der Waals surface area contributed by atoms with Crippen molar-refractivity contribution in [1.29, 1.82) is 0 Å². The molecule has 3 N–H and O–H groups in total. The maximum Gasteiger partial charge on any atom is 0.287 e. The Hall–Kier alpha value is -1.12. The van der Waals surface area contributed by atoms with Crippen molar-refractivity contribution in [2.75, 3.05) is 31.1 Å². The Kier molecular flexibility index (Phi) is 7.46. The first kappa shape index (κ1) is 15.9.